The molecule has 8 aromatic carbocycles. The number of benzene rings is 8. The van der Waals surface area contributed by atoms with Crippen molar-refractivity contribution in [1.29, 1.82) is 0 Å². The van der Waals surface area contributed by atoms with Gasteiger partial charge in [-0.3, -0.25) is 9.55 Å². The van der Waals surface area contributed by atoms with Crippen LogP contribution >= 0.6 is 0 Å². The lowest BCUT2D eigenvalue weighted by Gasteiger charge is -2.33. The molecule has 11 aromatic rings. The lowest BCUT2D eigenvalue weighted by Crippen LogP contribution is -2.28. The van der Waals surface area contributed by atoms with E-state index in [2.05, 4.69) is 204 Å². The first kappa shape index (κ1) is 34.1. The summed E-state index contributed by atoms with van der Waals surface area (Å²) in [6, 6.07) is 74.1. The average Bonchev–Trinajstić information content (AvgIpc) is 3.83. The number of rotatable bonds is 6. The first-order valence-electron chi connectivity index (χ1n) is 20.4. The normalized spacial score (nSPS) is 14.4. The van der Waals surface area contributed by atoms with Gasteiger partial charge in [0.05, 0.1) is 27.8 Å². The van der Waals surface area contributed by atoms with Gasteiger partial charge in [-0.15, -0.1) is 0 Å². The van der Waals surface area contributed by atoms with E-state index in [0.29, 0.717) is 5.95 Å². The maximum Gasteiger partial charge on any atom is 0.235 e. The SMILES string of the molecule is c1ccc(-c2cc(-c3ccccc3)nc(-n3c4ccc(-c5ccc6c(c5)-c5ccccc5C6(c5ccccc5)c5ccncc5)cc4c4c5ccccc5ccc43)n2)cc1. The van der Waals surface area contributed by atoms with Crippen molar-refractivity contribution in [3.05, 3.63) is 241 Å². The topological polar surface area (TPSA) is 43.6 Å². The molecule has 0 saturated heterocycles. The van der Waals surface area contributed by atoms with Crippen molar-refractivity contribution < 1.29 is 0 Å². The Morgan fingerprint density at radius 2 is 0.967 bits per heavy atom. The number of fused-ring (bicyclic) bond motifs is 8. The molecule has 1 atom stereocenters. The Morgan fingerprint density at radius 1 is 0.383 bits per heavy atom. The summed E-state index contributed by atoms with van der Waals surface area (Å²) in [7, 11) is 0. The Balaban J connectivity index is 1.10. The molecule has 0 spiro atoms. The Hall–Kier alpha value is -7.95. The number of nitrogens with zero attached hydrogens (tertiary/aromatic N) is 4. The number of aromatic nitrogens is 4. The molecule has 3 aromatic heterocycles. The third-order valence-corrected chi connectivity index (χ3v) is 12.4. The Kier molecular flexibility index (Phi) is 7.72. The second kappa shape index (κ2) is 13.6. The van der Waals surface area contributed by atoms with Crippen LogP contribution in [-0.2, 0) is 5.41 Å². The minimum Gasteiger partial charge on any atom is -0.278 e. The van der Waals surface area contributed by atoms with E-state index in [0.717, 1.165) is 44.5 Å². The molecule has 0 aliphatic heterocycles. The summed E-state index contributed by atoms with van der Waals surface area (Å²) >= 11 is 0. The highest BCUT2D eigenvalue weighted by atomic mass is 15.2. The second-order valence-corrected chi connectivity index (χ2v) is 15.6. The standard InChI is InChI=1S/C56H36N4/c1-4-15-38(16-5-1)50-36-51(39-17-6-2-7-18-39)59-55(58-50)60-52-28-26-41(35-47(52)54-44-21-11-10-14-37(44)25-29-53(54)60)40-24-27-49-46(34-40)45-22-12-13-23-48(45)56(49,42-19-8-3-9-20-42)43-30-32-57-33-31-43/h1-36H. The molecule has 0 amide bonds. The zero-order chi connectivity index (χ0) is 39.6. The van der Waals surface area contributed by atoms with Crippen LogP contribution in [0.25, 0.3) is 83.3 Å². The van der Waals surface area contributed by atoms with E-state index >= 15 is 0 Å². The fourth-order valence-electron chi connectivity index (χ4n) is 9.78. The van der Waals surface area contributed by atoms with Crippen LogP contribution in [0.15, 0.2) is 219 Å². The number of pyridine rings is 1. The molecule has 0 saturated carbocycles. The molecule has 0 bridgehead atoms. The van der Waals surface area contributed by atoms with Gasteiger partial charge in [0.2, 0.25) is 5.95 Å². The van der Waals surface area contributed by atoms with E-state index in [1.807, 2.05) is 24.5 Å². The van der Waals surface area contributed by atoms with E-state index < -0.39 is 5.41 Å². The highest BCUT2D eigenvalue weighted by molar-refractivity contribution is 6.21. The monoisotopic (exact) mass is 764 g/mol. The molecule has 60 heavy (non-hydrogen) atoms. The summed E-state index contributed by atoms with van der Waals surface area (Å²) in [5, 5.41) is 4.74. The molecule has 12 rings (SSSR count). The van der Waals surface area contributed by atoms with Crippen LogP contribution in [0, 0.1) is 0 Å². The van der Waals surface area contributed by atoms with Crippen molar-refractivity contribution in [2.24, 2.45) is 0 Å². The maximum atomic E-state index is 5.30. The van der Waals surface area contributed by atoms with Crippen molar-refractivity contribution >= 4 is 32.6 Å². The highest BCUT2D eigenvalue weighted by Crippen LogP contribution is 2.56. The van der Waals surface area contributed by atoms with Gasteiger partial charge in [-0.05, 0) is 97.7 Å². The van der Waals surface area contributed by atoms with E-state index in [4.69, 9.17) is 9.97 Å². The van der Waals surface area contributed by atoms with Gasteiger partial charge in [-0.25, -0.2) is 9.97 Å². The Morgan fingerprint density at radius 3 is 1.72 bits per heavy atom. The number of hydrogen-bond acceptors (Lipinski definition) is 3. The molecule has 1 unspecified atom stereocenters. The molecule has 1 aliphatic carbocycles. The zero-order valence-electron chi connectivity index (χ0n) is 32.6. The van der Waals surface area contributed by atoms with Gasteiger partial charge in [-0.2, -0.15) is 0 Å². The van der Waals surface area contributed by atoms with Gasteiger partial charge < -0.3 is 0 Å². The van der Waals surface area contributed by atoms with E-state index in [1.165, 1.54) is 55.1 Å². The van der Waals surface area contributed by atoms with E-state index in [-0.39, 0.29) is 0 Å². The second-order valence-electron chi connectivity index (χ2n) is 15.6. The maximum absolute atomic E-state index is 5.30. The predicted molar refractivity (Wildman–Crippen MR) is 245 cm³/mol. The van der Waals surface area contributed by atoms with Crippen LogP contribution in [0.4, 0.5) is 0 Å². The summed E-state index contributed by atoms with van der Waals surface area (Å²) in [6.07, 6.45) is 3.83. The summed E-state index contributed by atoms with van der Waals surface area (Å²) in [5.74, 6) is 0.640. The van der Waals surface area contributed by atoms with Crippen molar-refractivity contribution in [1.82, 2.24) is 19.5 Å². The molecule has 4 nitrogen and oxygen atoms in total. The van der Waals surface area contributed by atoms with Gasteiger partial charge in [-0.1, -0.05) is 164 Å². The van der Waals surface area contributed by atoms with Crippen LogP contribution in [-0.4, -0.2) is 19.5 Å². The van der Waals surface area contributed by atoms with Crippen LogP contribution in [0.2, 0.25) is 0 Å². The van der Waals surface area contributed by atoms with E-state index in [1.54, 1.807) is 0 Å². The lowest BCUT2D eigenvalue weighted by atomic mass is 9.68. The molecule has 3 heterocycles. The molecule has 0 N–H and O–H groups in total. The molecule has 0 fully saturated rings. The average molecular weight is 765 g/mol. The van der Waals surface area contributed by atoms with Gasteiger partial charge >= 0.3 is 0 Å². The first-order chi connectivity index (χ1) is 29.8. The third kappa shape index (κ3) is 5.14. The Bertz CT molecular complexity index is 3310. The molecule has 0 radical (unpaired) electrons. The molecule has 1 aliphatic rings. The Labute approximate surface area is 347 Å². The van der Waals surface area contributed by atoms with Crippen LogP contribution in [0.5, 0.6) is 0 Å². The molecular weight excluding hydrogens is 729 g/mol. The first-order valence-corrected chi connectivity index (χ1v) is 20.4. The van der Waals surface area contributed by atoms with E-state index in [9.17, 15) is 0 Å². The van der Waals surface area contributed by atoms with Gasteiger partial charge in [0, 0.05) is 34.3 Å². The van der Waals surface area contributed by atoms with Gasteiger partial charge in [0.1, 0.15) is 0 Å². The summed E-state index contributed by atoms with van der Waals surface area (Å²) in [4.78, 5) is 15.0. The highest BCUT2D eigenvalue weighted by Gasteiger charge is 2.46. The van der Waals surface area contributed by atoms with Crippen LogP contribution in [0.3, 0.4) is 0 Å². The number of hydrogen-bond donors (Lipinski definition) is 0. The molecule has 280 valence electrons. The van der Waals surface area contributed by atoms with Crippen molar-refractivity contribution in [2.45, 2.75) is 5.41 Å². The fourth-order valence-corrected chi connectivity index (χ4v) is 9.78. The fraction of sp³-hybridized carbons (Fsp3) is 0.0179. The van der Waals surface area contributed by atoms with Crippen LogP contribution < -0.4 is 0 Å². The van der Waals surface area contributed by atoms with Crippen molar-refractivity contribution in [3.8, 4) is 50.7 Å². The quantitative estimate of drug-likeness (QED) is 0.169. The van der Waals surface area contributed by atoms with Crippen molar-refractivity contribution in [2.75, 3.05) is 0 Å². The zero-order valence-corrected chi connectivity index (χ0v) is 32.6. The van der Waals surface area contributed by atoms with Crippen molar-refractivity contribution in [3.63, 3.8) is 0 Å². The third-order valence-electron chi connectivity index (χ3n) is 12.4. The van der Waals surface area contributed by atoms with Crippen LogP contribution in [0.1, 0.15) is 22.3 Å². The largest absolute Gasteiger partial charge is 0.278 e. The molecular formula is C56H36N4. The smallest absolute Gasteiger partial charge is 0.235 e. The minimum absolute atomic E-state index is 0.474. The van der Waals surface area contributed by atoms with Gasteiger partial charge in [0.25, 0.3) is 0 Å². The molecule has 4 heteroatoms. The predicted octanol–water partition coefficient (Wildman–Crippen LogP) is 13.5. The summed E-state index contributed by atoms with van der Waals surface area (Å²) in [6.45, 7) is 0. The summed E-state index contributed by atoms with van der Waals surface area (Å²) < 4.78 is 2.25. The summed E-state index contributed by atoms with van der Waals surface area (Å²) in [5.41, 5.74) is 15.3. The van der Waals surface area contributed by atoms with Gasteiger partial charge in [0.15, 0.2) is 0 Å². The lowest BCUT2D eigenvalue weighted by molar-refractivity contribution is 0.766. The minimum atomic E-state index is -0.474.